The highest BCUT2D eigenvalue weighted by Gasteiger charge is 2.13. The van der Waals surface area contributed by atoms with Gasteiger partial charge in [-0.3, -0.25) is 0 Å². The van der Waals surface area contributed by atoms with Crippen molar-refractivity contribution >= 4 is 11.3 Å². The Kier molecular flexibility index (Phi) is 4.27. The van der Waals surface area contributed by atoms with E-state index in [9.17, 15) is 8.78 Å². The van der Waals surface area contributed by atoms with E-state index in [-0.39, 0.29) is 17.7 Å². The maximum atomic E-state index is 13.8. The van der Waals surface area contributed by atoms with Crippen molar-refractivity contribution in [1.29, 1.82) is 0 Å². The van der Waals surface area contributed by atoms with Crippen LogP contribution in [0.3, 0.4) is 0 Å². The summed E-state index contributed by atoms with van der Waals surface area (Å²) in [5, 5.41) is 4.18. The monoisotopic (exact) mass is 282 g/mol. The first-order valence-electron chi connectivity index (χ1n) is 6.07. The van der Waals surface area contributed by atoms with Crippen molar-refractivity contribution in [2.75, 3.05) is 0 Å². The molecule has 1 N–H and O–H groups in total. The minimum Gasteiger partial charge on any atom is -0.305 e. The van der Waals surface area contributed by atoms with Crippen molar-refractivity contribution in [3.8, 4) is 0 Å². The maximum Gasteiger partial charge on any atom is 0.128 e. The first kappa shape index (κ1) is 14.1. The van der Waals surface area contributed by atoms with Crippen molar-refractivity contribution in [1.82, 2.24) is 10.3 Å². The molecule has 1 aromatic heterocycles. The molecule has 0 saturated carbocycles. The van der Waals surface area contributed by atoms with Crippen LogP contribution in [-0.2, 0) is 6.54 Å². The lowest BCUT2D eigenvalue weighted by atomic mass is 10.1. The van der Waals surface area contributed by atoms with E-state index in [1.165, 1.54) is 12.1 Å². The Hall–Kier alpha value is -1.33. The smallest absolute Gasteiger partial charge is 0.128 e. The second-order valence-electron chi connectivity index (χ2n) is 4.57. The van der Waals surface area contributed by atoms with Gasteiger partial charge in [-0.25, -0.2) is 13.8 Å². The van der Waals surface area contributed by atoms with E-state index >= 15 is 0 Å². The minimum atomic E-state index is -0.376. The highest BCUT2D eigenvalue weighted by Crippen LogP contribution is 2.21. The fourth-order valence-corrected chi connectivity index (χ4v) is 2.59. The largest absolute Gasteiger partial charge is 0.305 e. The number of nitrogens with zero attached hydrogens (tertiary/aromatic N) is 1. The van der Waals surface area contributed by atoms with Crippen molar-refractivity contribution in [2.24, 2.45) is 0 Å². The van der Waals surface area contributed by atoms with E-state index < -0.39 is 0 Å². The molecule has 2 nitrogen and oxygen atoms in total. The lowest BCUT2D eigenvalue weighted by molar-refractivity contribution is 0.518. The molecule has 0 fully saturated rings. The Bertz CT molecular complexity index is 581. The molecule has 0 aliphatic rings. The molecule has 1 aromatic carbocycles. The number of rotatable bonds is 4. The fourth-order valence-electron chi connectivity index (χ4n) is 1.84. The summed E-state index contributed by atoms with van der Waals surface area (Å²) in [5.74, 6) is -0.752. The van der Waals surface area contributed by atoms with Gasteiger partial charge in [0, 0.05) is 29.2 Å². The summed E-state index contributed by atoms with van der Waals surface area (Å²) < 4.78 is 27.3. The van der Waals surface area contributed by atoms with E-state index in [1.807, 2.05) is 13.8 Å². The summed E-state index contributed by atoms with van der Waals surface area (Å²) in [7, 11) is 0. The molecule has 0 spiro atoms. The van der Waals surface area contributed by atoms with Gasteiger partial charge in [0.1, 0.15) is 11.6 Å². The molecule has 102 valence electrons. The van der Waals surface area contributed by atoms with E-state index in [2.05, 4.69) is 10.3 Å². The zero-order valence-corrected chi connectivity index (χ0v) is 11.9. The van der Waals surface area contributed by atoms with Crippen LogP contribution in [0.2, 0.25) is 0 Å². The van der Waals surface area contributed by atoms with Gasteiger partial charge in [-0.05, 0) is 38.5 Å². The van der Waals surface area contributed by atoms with Crippen LogP contribution in [0.25, 0.3) is 0 Å². The Balaban J connectivity index is 2.07. The maximum absolute atomic E-state index is 13.8. The predicted molar refractivity (Wildman–Crippen MR) is 73.2 cm³/mol. The lowest BCUT2D eigenvalue weighted by Crippen LogP contribution is -2.19. The first-order chi connectivity index (χ1) is 8.97. The molecule has 0 radical (unpaired) electrons. The molecule has 0 amide bonds. The van der Waals surface area contributed by atoms with Gasteiger partial charge in [-0.1, -0.05) is 0 Å². The summed E-state index contributed by atoms with van der Waals surface area (Å²) in [6.45, 7) is 5.91. The average Bonchev–Trinajstić information content (AvgIpc) is 2.77. The number of halogens is 2. The number of aromatic nitrogens is 1. The van der Waals surface area contributed by atoms with Gasteiger partial charge in [0.05, 0.1) is 5.01 Å². The summed E-state index contributed by atoms with van der Waals surface area (Å²) in [4.78, 5) is 5.24. The Morgan fingerprint density at radius 1 is 1.26 bits per heavy atom. The molecule has 0 aliphatic heterocycles. The van der Waals surface area contributed by atoms with Crippen LogP contribution in [0, 0.1) is 25.5 Å². The Morgan fingerprint density at radius 2 is 2.00 bits per heavy atom. The molecule has 1 heterocycles. The van der Waals surface area contributed by atoms with Crippen LogP contribution in [0.5, 0.6) is 0 Å². The minimum absolute atomic E-state index is 0.252. The van der Waals surface area contributed by atoms with Crippen molar-refractivity contribution < 1.29 is 8.78 Å². The van der Waals surface area contributed by atoms with Crippen molar-refractivity contribution in [3.05, 3.63) is 51.0 Å². The highest BCUT2D eigenvalue weighted by molar-refractivity contribution is 7.11. The molecule has 1 unspecified atom stereocenters. The SMILES string of the molecule is Cc1ncc(CNC(C)c2cc(F)c(C)cc2F)s1. The molecule has 0 saturated heterocycles. The van der Waals surface area contributed by atoms with Crippen LogP contribution in [-0.4, -0.2) is 4.98 Å². The molecule has 2 rings (SSSR count). The first-order valence-corrected chi connectivity index (χ1v) is 6.89. The van der Waals surface area contributed by atoms with E-state index in [0.717, 1.165) is 9.88 Å². The molecule has 2 aromatic rings. The number of thiazole rings is 1. The highest BCUT2D eigenvalue weighted by atomic mass is 32.1. The zero-order valence-electron chi connectivity index (χ0n) is 11.1. The summed E-state index contributed by atoms with van der Waals surface area (Å²) in [6, 6.07) is 2.25. The standard InChI is InChI=1S/C14H16F2N2S/c1-8-4-14(16)12(5-13(8)15)9(2)17-6-11-7-18-10(3)19-11/h4-5,7,9,17H,6H2,1-3H3. The topological polar surface area (TPSA) is 24.9 Å². The zero-order chi connectivity index (χ0) is 14.0. The molecule has 1 atom stereocenters. The molecule has 0 aliphatic carbocycles. The molecular formula is C14H16F2N2S. The summed E-state index contributed by atoms with van der Waals surface area (Å²) in [6.07, 6.45) is 1.80. The lowest BCUT2D eigenvalue weighted by Gasteiger charge is -2.15. The molecule has 5 heteroatoms. The third-order valence-corrected chi connectivity index (χ3v) is 3.91. The van der Waals surface area contributed by atoms with E-state index in [0.29, 0.717) is 17.7 Å². The number of hydrogen-bond acceptors (Lipinski definition) is 3. The Labute approximate surface area is 115 Å². The molecule has 0 bridgehead atoms. The summed E-state index contributed by atoms with van der Waals surface area (Å²) in [5.41, 5.74) is 0.677. The second-order valence-corrected chi connectivity index (χ2v) is 5.89. The number of hydrogen-bond donors (Lipinski definition) is 1. The van der Waals surface area contributed by atoms with Crippen LogP contribution >= 0.6 is 11.3 Å². The predicted octanol–water partition coefficient (Wildman–Crippen LogP) is 3.89. The van der Waals surface area contributed by atoms with Gasteiger partial charge in [0.2, 0.25) is 0 Å². The number of benzene rings is 1. The van der Waals surface area contributed by atoms with Gasteiger partial charge < -0.3 is 5.32 Å². The number of aryl methyl sites for hydroxylation is 2. The van der Waals surface area contributed by atoms with Gasteiger partial charge >= 0.3 is 0 Å². The van der Waals surface area contributed by atoms with Crippen LogP contribution in [0.4, 0.5) is 8.78 Å². The normalized spacial score (nSPS) is 12.7. The third kappa shape index (κ3) is 3.36. The van der Waals surface area contributed by atoms with Gasteiger partial charge in [-0.2, -0.15) is 0 Å². The molecule has 19 heavy (non-hydrogen) atoms. The van der Waals surface area contributed by atoms with Crippen molar-refractivity contribution in [2.45, 2.75) is 33.4 Å². The average molecular weight is 282 g/mol. The van der Waals surface area contributed by atoms with Gasteiger partial charge in [-0.15, -0.1) is 11.3 Å². The molecular weight excluding hydrogens is 266 g/mol. The van der Waals surface area contributed by atoms with Crippen molar-refractivity contribution in [3.63, 3.8) is 0 Å². The van der Waals surface area contributed by atoms with Gasteiger partial charge in [0.15, 0.2) is 0 Å². The van der Waals surface area contributed by atoms with Gasteiger partial charge in [0.25, 0.3) is 0 Å². The van der Waals surface area contributed by atoms with Crippen LogP contribution in [0.1, 0.15) is 34.0 Å². The fraction of sp³-hybridized carbons (Fsp3) is 0.357. The van der Waals surface area contributed by atoms with Crippen LogP contribution < -0.4 is 5.32 Å². The quantitative estimate of drug-likeness (QED) is 0.920. The Morgan fingerprint density at radius 3 is 2.63 bits per heavy atom. The van der Waals surface area contributed by atoms with E-state index in [1.54, 1.807) is 24.5 Å². The van der Waals surface area contributed by atoms with Crippen LogP contribution in [0.15, 0.2) is 18.3 Å². The second kappa shape index (κ2) is 5.75. The van der Waals surface area contributed by atoms with E-state index in [4.69, 9.17) is 0 Å². The summed E-state index contributed by atoms with van der Waals surface area (Å²) >= 11 is 1.59. The number of nitrogens with one attached hydrogen (secondary N) is 1. The third-order valence-electron chi connectivity index (χ3n) is 3.00.